The second-order valence-electron chi connectivity index (χ2n) is 5.77. The molecule has 2 rings (SSSR count). The predicted molar refractivity (Wildman–Crippen MR) is 96.2 cm³/mol. The molecule has 0 spiro atoms. The molecule has 1 heterocycles. The number of amides is 1. The Kier molecular flexibility index (Phi) is 7.55. The Morgan fingerprint density at radius 1 is 1.25 bits per heavy atom. The first-order chi connectivity index (χ1) is 11.7. The number of nitrogens with zero attached hydrogens (tertiary/aromatic N) is 1. The quantitative estimate of drug-likeness (QED) is 0.524. The fourth-order valence-corrected chi connectivity index (χ4v) is 2.60. The first kappa shape index (κ1) is 18.3. The van der Waals surface area contributed by atoms with E-state index in [4.69, 9.17) is 4.74 Å². The van der Waals surface area contributed by atoms with E-state index in [9.17, 15) is 4.79 Å². The molecule has 1 aromatic rings. The number of aliphatic imine (C=N–C) groups is 1. The lowest BCUT2D eigenvalue weighted by atomic mass is 10.1. The molecule has 0 aromatic heterocycles. The molecule has 1 aliphatic rings. The zero-order valence-corrected chi connectivity index (χ0v) is 14.6. The maximum absolute atomic E-state index is 11.9. The Balaban J connectivity index is 1.94. The average molecular weight is 332 g/mol. The Morgan fingerprint density at radius 3 is 2.79 bits per heavy atom. The summed E-state index contributed by atoms with van der Waals surface area (Å²) in [6.45, 7) is 7.52. The van der Waals surface area contributed by atoms with E-state index in [1.54, 1.807) is 0 Å². The minimum absolute atomic E-state index is 0.0493. The maximum Gasteiger partial charge on any atom is 0.251 e. The Bertz CT molecular complexity index is 554. The number of hydrogen-bond donors (Lipinski definition) is 3. The van der Waals surface area contributed by atoms with E-state index in [2.05, 4.69) is 20.9 Å². The zero-order chi connectivity index (χ0) is 17.2. The fraction of sp³-hybridized carbons (Fsp3) is 0.556. The van der Waals surface area contributed by atoms with Crippen molar-refractivity contribution in [3.05, 3.63) is 35.4 Å². The van der Waals surface area contributed by atoms with Crippen molar-refractivity contribution in [3.63, 3.8) is 0 Å². The molecule has 3 N–H and O–H groups in total. The van der Waals surface area contributed by atoms with Gasteiger partial charge in [-0.2, -0.15) is 0 Å². The number of nitrogens with one attached hydrogen (secondary N) is 3. The number of rotatable bonds is 7. The minimum atomic E-state index is -0.0493. The second kappa shape index (κ2) is 9.93. The number of ether oxygens (including phenoxy) is 1. The molecule has 1 unspecified atom stereocenters. The highest BCUT2D eigenvalue weighted by Crippen LogP contribution is 2.10. The van der Waals surface area contributed by atoms with Gasteiger partial charge < -0.3 is 20.7 Å². The van der Waals surface area contributed by atoms with Crippen LogP contribution < -0.4 is 16.0 Å². The molecular formula is C18H28N4O2. The number of hydrogen-bond acceptors (Lipinski definition) is 3. The van der Waals surface area contributed by atoms with Gasteiger partial charge in [-0.3, -0.25) is 4.79 Å². The molecule has 1 aromatic carbocycles. The van der Waals surface area contributed by atoms with Gasteiger partial charge >= 0.3 is 0 Å². The van der Waals surface area contributed by atoms with E-state index in [0.29, 0.717) is 18.7 Å². The third kappa shape index (κ3) is 5.85. The van der Waals surface area contributed by atoms with Crippen molar-refractivity contribution in [3.8, 4) is 0 Å². The van der Waals surface area contributed by atoms with Crippen molar-refractivity contribution in [2.24, 2.45) is 4.99 Å². The van der Waals surface area contributed by atoms with Gasteiger partial charge in [-0.05, 0) is 44.4 Å². The monoisotopic (exact) mass is 332 g/mol. The fourth-order valence-electron chi connectivity index (χ4n) is 2.60. The van der Waals surface area contributed by atoms with E-state index >= 15 is 0 Å². The van der Waals surface area contributed by atoms with Gasteiger partial charge in [-0.1, -0.05) is 12.1 Å². The van der Waals surface area contributed by atoms with Crippen molar-refractivity contribution >= 4 is 11.9 Å². The Labute approximate surface area is 144 Å². The summed E-state index contributed by atoms with van der Waals surface area (Å²) in [5.74, 6) is 0.725. The molecule has 1 saturated heterocycles. The molecule has 6 nitrogen and oxygen atoms in total. The molecule has 6 heteroatoms. The summed E-state index contributed by atoms with van der Waals surface area (Å²) < 4.78 is 5.62. The largest absolute Gasteiger partial charge is 0.376 e. The highest BCUT2D eigenvalue weighted by molar-refractivity contribution is 5.94. The maximum atomic E-state index is 11.9. The van der Waals surface area contributed by atoms with Crippen LogP contribution in [-0.4, -0.2) is 44.2 Å². The van der Waals surface area contributed by atoms with Gasteiger partial charge in [0.15, 0.2) is 5.96 Å². The number of carbonyl (C=O) groups excluding carboxylic acids is 1. The highest BCUT2D eigenvalue weighted by Gasteiger charge is 2.15. The van der Waals surface area contributed by atoms with Crippen molar-refractivity contribution < 1.29 is 9.53 Å². The van der Waals surface area contributed by atoms with E-state index in [1.807, 2.05) is 38.1 Å². The molecular weight excluding hydrogens is 304 g/mol. The number of guanidine groups is 1. The standard InChI is InChI=1S/C18H28N4O2/c1-3-19-17(23)15-8-5-7-14(11-15)12-21-18(20-4-2)22-13-16-9-6-10-24-16/h5,7-8,11,16H,3-4,6,9-10,12-13H2,1-2H3,(H,19,23)(H2,20,21,22). The first-order valence-electron chi connectivity index (χ1n) is 8.73. The summed E-state index contributed by atoms with van der Waals surface area (Å²) in [5, 5.41) is 9.38. The summed E-state index contributed by atoms with van der Waals surface area (Å²) in [6, 6.07) is 7.58. The van der Waals surface area contributed by atoms with Gasteiger partial charge in [-0.15, -0.1) is 0 Å². The highest BCUT2D eigenvalue weighted by atomic mass is 16.5. The molecule has 1 fully saturated rings. The molecule has 1 atom stereocenters. The SMILES string of the molecule is CCNC(=O)c1cccc(CN=C(NCC)NCC2CCCO2)c1. The number of benzene rings is 1. The van der Waals surface area contributed by atoms with Gasteiger partial charge in [0.25, 0.3) is 5.91 Å². The minimum Gasteiger partial charge on any atom is -0.376 e. The number of carbonyl (C=O) groups is 1. The van der Waals surface area contributed by atoms with Gasteiger partial charge in [0, 0.05) is 31.8 Å². The van der Waals surface area contributed by atoms with Crippen molar-refractivity contribution in [2.75, 3.05) is 26.2 Å². The van der Waals surface area contributed by atoms with Crippen LogP contribution >= 0.6 is 0 Å². The van der Waals surface area contributed by atoms with Crippen molar-refractivity contribution in [2.45, 2.75) is 39.3 Å². The van der Waals surface area contributed by atoms with Crippen LogP contribution in [0.3, 0.4) is 0 Å². The van der Waals surface area contributed by atoms with E-state index in [1.165, 1.54) is 0 Å². The Morgan fingerprint density at radius 2 is 2.08 bits per heavy atom. The molecule has 0 bridgehead atoms. The molecule has 132 valence electrons. The van der Waals surface area contributed by atoms with Crippen molar-refractivity contribution in [1.82, 2.24) is 16.0 Å². The van der Waals surface area contributed by atoms with Crippen LogP contribution in [0.25, 0.3) is 0 Å². The third-order valence-corrected chi connectivity index (χ3v) is 3.81. The topological polar surface area (TPSA) is 74.8 Å². The summed E-state index contributed by atoms with van der Waals surface area (Å²) in [6.07, 6.45) is 2.50. The normalized spacial score (nSPS) is 17.6. The van der Waals surface area contributed by atoms with E-state index in [0.717, 1.165) is 44.1 Å². The summed E-state index contributed by atoms with van der Waals surface area (Å²) >= 11 is 0. The summed E-state index contributed by atoms with van der Waals surface area (Å²) in [5.41, 5.74) is 1.68. The molecule has 0 saturated carbocycles. The predicted octanol–water partition coefficient (Wildman–Crippen LogP) is 1.67. The van der Waals surface area contributed by atoms with E-state index < -0.39 is 0 Å². The Hall–Kier alpha value is -2.08. The van der Waals surface area contributed by atoms with Crippen molar-refractivity contribution in [1.29, 1.82) is 0 Å². The van der Waals surface area contributed by atoms with Crippen LogP contribution in [0, 0.1) is 0 Å². The van der Waals surface area contributed by atoms with Crippen LogP contribution in [0.15, 0.2) is 29.3 Å². The molecule has 1 aliphatic heterocycles. The smallest absolute Gasteiger partial charge is 0.251 e. The summed E-state index contributed by atoms with van der Waals surface area (Å²) in [4.78, 5) is 16.5. The lowest BCUT2D eigenvalue weighted by Gasteiger charge is -2.14. The second-order valence-corrected chi connectivity index (χ2v) is 5.77. The van der Waals surface area contributed by atoms with Gasteiger partial charge in [0.1, 0.15) is 0 Å². The zero-order valence-electron chi connectivity index (χ0n) is 14.6. The third-order valence-electron chi connectivity index (χ3n) is 3.81. The van der Waals surface area contributed by atoms with Crippen LogP contribution in [-0.2, 0) is 11.3 Å². The molecule has 1 amide bonds. The first-order valence-corrected chi connectivity index (χ1v) is 8.73. The molecule has 0 aliphatic carbocycles. The lowest BCUT2D eigenvalue weighted by molar-refractivity contribution is 0.0955. The lowest BCUT2D eigenvalue weighted by Crippen LogP contribution is -2.41. The molecule has 0 radical (unpaired) electrons. The van der Waals surface area contributed by atoms with Crippen LogP contribution in [0.2, 0.25) is 0 Å². The molecule has 24 heavy (non-hydrogen) atoms. The van der Waals surface area contributed by atoms with Crippen LogP contribution in [0.1, 0.15) is 42.6 Å². The van der Waals surface area contributed by atoms with Gasteiger partial charge in [-0.25, -0.2) is 4.99 Å². The average Bonchev–Trinajstić information content (AvgIpc) is 3.11. The van der Waals surface area contributed by atoms with Gasteiger partial charge in [0.2, 0.25) is 0 Å². The van der Waals surface area contributed by atoms with Gasteiger partial charge in [0.05, 0.1) is 12.6 Å². The summed E-state index contributed by atoms with van der Waals surface area (Å²) in [7, 11) is 0. The van der Waals surface area contributed by atoms with Crippen LogP contribution in [0.5, 0.6) is 0 Å². The van der Waals surface area contributed by atoms with Crippen LogP contribution in [0.4, 0.5) is 0 Å². The van der Waals surface area contributed by atoms with E-state index in [-0.39, 0.29) is 12.0 Å².